The van der Waals surface area contributed by atoms with Crippen LogP contribution < -0.4 is 10.5 Å². The average Bonchev–Trinajstić information content (AvgIpc) is 2.50. The van der Waals surface area contributed by atoms with Crippen molar-refractivity contribution in [1.82, 2.24) is 0 Å². The Morgan fingerprint density at radius 1 is 1.19 bits per heavy atom. The normalized spacial score (nSPS) is 12.2. The minimum absolute atomic E-state index is 0.00458. The van der Waals surface area contributed by atoms with E-state index in [2.05, 4.69) is 0 Å². The zero-order valence-corrected chi connectivity index (χ0v) is 13.1. The van der Waals surface area contributed by atoms with Crippen LogP contribution in [0.2, 0.25) is 0 Å². The fraction of sp³-hybridized carbons (Fsp3) is 0.294. The summed E-state index contributed by atoms with van der Waals surface area (Å²) in [5.41, 5.74) is 6.80. The van der Waals surface area contributed by atoms with Gasteiger partial charge in [0.25, 0.3) is 0 Å². The summed E-state index contributed by atoms with van der Waals surface area (Å²) in [4.78, 5) is 1.05. The van der Waals surface area contributed by atoms with Gasteiger partial charge in [-0.05, 0) is 55.0 Å². The number of halogens is 1. The number of hydrogen-bond donors (Lipinski definition) is 1. The lowest BCUT2D eigenvalue weighted by Crippen LogP contribution is -2.21. The van der Waals surface area contributed by atoms with Crippen molar-refractivity contribution in [3.05, 3.63) is 53.8 Å². The van der Waals surface area contributed by atoms with Crippen LogP contribution in [0.3, 0.4) is 0 Å². The molecule has 0 aromatic heterocycles. The number of benzene rings is 2. The van der Waals surface area contributed by atoms with Gasteiger partial charge in [-0.3, -0.25) is 0 Å². The van der Waals surface area contributed by atoms with E-state index in [9.17, 15) is 4.39 Å². The average molecular weight is 305 g/mol. The van der Waals surface area contributed by atoms with Crippen LogP contribution in [-0.4, -0.2) is 12.3 Å². The van der Waals surface area contributed by atoms with Gasteiger partial charge in [-0.15, -0.1) is 11.8 Å². The molecule has 0 aliphatic carbocycles. The van der Waals surface area contributed by atoms with E-state index in [1.165, 1.54) is 12.1 Å². The van der Waals surface area contributed by atoms with Crippen molar-refractivity contribution in [3.63, 3.8) is 0 Å². The first-order chi connectivity index (χ1) is 10.1. The van der Waals surface area contributed by atoms with Crippen LogP contribution in [0.1, 0.15) is 18.9 Å². The maximum absolute atomic E-state index is 13.5. The van der Waals surface area contributed by atoms with Crippen molar-refractivity contribution < 1.29 is 9.13 Å². The van der Waals surface area contributed by atoms with Gasteiger partial charge in [0.15, 0.2) is 0 Å². The molecule has 1 unspecified atom stereocenters. The van der Waals surface area contributed by atoms with Crippen molar-refractivity contribution in [2.24, 2.45) is 5.73 Å². The Labute approximate surface area is 129 Å². The van der Waals surface area contributed by atoms with Gasteiger partial charge < -0.3 is 10.5 Å². The first-order valence-electron chi connectivity index (χ1n) is 6.99. The van der Waals surface area contributed by atoms with Crippen molar-refractivity contribution >= 4 is 11.8 Å². The van der Waals surface area contributed by atoms with E-state index in [0.29, 0.717) is 12.2 Å². The summed E-state index contributed by atoms with van der Waals surface area (Å²) >= 11 is 1.62. The Hall–Kier alpha value is -1.52. The van der Waals surface area contributed by atoms with Crippen LogP contribution in [0.25, 0.3) is 0 Å². The maximum Gasteiger partial charge on any atom is 0.140 e. The van der Waals surface area contributed by atoms with Crippen LogP contribution in [-0.2, 0) is 6.42 Å². The Morgan fingerprint density at radius 3 is 2.67 bits per heavy atom. The largest absolute Gasteiger partial charge is 0.456 e. The van der Waals surface area contributed by atoms with Crippen molar-refractivity contribution in [2.45, 2.75) is 30.7 Å². The van der Waals surface area contributed by atoms with Crippen LogP contribution in [0.15, 0.2) is 47.4 Å². The summed E-state index contributed by atoms with van der Waals surface area (Å²) in [5.74, 6) is 1.18. The van der Waals surface area contributed by atoms with E-state index >= 15 is 0 Å². The molecule has 0 aliphatic heterocycles. The van der Waals surface area contributed by atoms with E-state index in [1.807, 2.05) is 37.4 Å². The highest BCUT2D eigenvalue weighted by Crippen LogP contribution is 2.33. The van der Waals surface area contributed by atoms with Crippen molar-refractivity contribution in [3.8, 4) is 11.5 Å². The third-order valence-electron chi connectivity index (χ3n) is 3.32. The molecule has 0 amide bonds. The second kappa shape index (κ2) is 7.48. The SMILES string of the molecule is CCC(N)Cc1cc(F)ccc1Oc1ccccc1SC. The molecule has 21 heavy (non-hydrogen) atoms. The van der Waals surface area contributed by atoms with E-state index in [0.717, 1.165) is 22.6 Å². The first kappa shape index (κ1) is 15.9. The minimum atomic E-state index is -0.265. The van der Waals surface area contributed by atoms with Gasteiger partial charge in [-0.1, -0.05) is 19.1 Å². The van der Waals surface area contributed by atoms with Gasteiger partial charge in [0.05, 0.1) is 0 Å². The van der Waals surface area contributed by atoms with Crippen LogP contribution >= 0.6 is 11.8 Å². The molecule has 0 fully saturated rings. The van der Waals surface area contributed by atoms with Gasteiger partial charge in [0, 0.05) is 10.9 Å². The molecule has 0 bridgehead atoms. The van der Waals surface area contributed by atoms with Crippen LogP contribution in [0, 0.1) is 5.82 Å². The number of ether oxygens (including phenoxy) is 1. The standard InChI is InChI=1S/C17H20FNOS/c1-3-14(19)11-12-10-13(18)8-9-15(12)20-16-6-4-5-7-17(16)21-2/h4-10,14H,3,11,19H2,1-2H3. The number of rotatable bonds is 6. The highest BCUT2D eigenvalue weighted by Gasteiger charge is 2.11. The lowest BCUT2D eigenvalue weighted by molar-refractivity contribution is 0.459. The maximum atomic E-state index is 13.5. The fourth-order valence-corrected chi connectivity index (χ4v) is 2.58. The number of thioether (sulfide) groups is 1. The van der Waals surface area contributed by atoms with Gasteiger partial charge in [-0.25, -0.2) is 4.39 Å². The lowest BCUT2D eigenvalue weighted by atomic mass is 10.0. The Bertz CT molecular complexity index is 603. The number of hydrogen-bond acceptors (Lipinski definition) is 3. The molecule has 4 heteroatoms. The second-order valence-corrected chi connectivity index (χ2v) is 5.73. The quantitative estimate of drug-likeness (QED) is 0.791. The Morgan fingerprint density at radius 2 is 1.95 bits per heavy atom. The molecule has 1 atom stereocenters. The smallest absolute Gasteiger partial charge is 0.140 e. The third kappa shape index (κ3) is 4.22. The first-order valence-corrected chi connectivity index (χ1v) is 8.21. The molecule has 0 saturated carbocycles. The molecule has 2 nitrogen and oxygen atoms in total. The number of nitrogens with two attached hydrogens (primary N) is 1. The predicted octanol–water partition coefficient (Wildman–Crippen LogP) is 4.62. The Kier molecular flexibility index (Phi) is 5.65. The summed E-state index contributed by atoms with van der Waals surface area (Å²) in [6, 6.07) is 12.4. The zero-order chi connectivity index (χ0) is 15.2. The highest BCUT2D eigenvalue weighted by molar-refractivity contribution is 7.98. The van der Waals surface area contributed by atoms with E-state index in [4.69, 9.17) is 10.5 Å². The summed E-state index contributed by atoms with van der Waals surface area (Å²) in [6.45, 7) is 2.02. The molecule has 0 aliphatic rings. The summed E-state index contributed by atoms with van der Waals surface area (Å²) in [6.07, 6.45) is 3.45. The van der Waals surface area contributed by atoms with E-state index in [-0.39, 0.29) is 11.9 Å². The van der Waals surface area contributed by atoms with Gasteiger partial charge in [-0.2, -0.15) is 0 Å². The molecule has 2 rings (SSSR count). The summed E-state index contributed by atoms with van der Waals surface area (Å²) < 4.78 is 19.5. The fourth-order valence-electron chi connectivity index (χ4n) is 2.06. The van der Waals surface area contributed by atoms with Crippen molar-refractivity contribution in [2.75, 3.05) is 6.26 Å². The van der Waals surface area contributed by atoms with Gasteiger partial charge in [0.2, 0.25) is 0 Å². The molecule has 0 spiro atoms. The minimum Gasteiger partial charge on any atom is -0.456 e. The lowest BCUT2D eigenvalue weighted by Gasteiger charge is -2.15. The topological polar surface area (TPSA) is 35.2 Å². The van der Waals surface area contributed by atoms with E-state index < -0.39 is 0 Å². The summed E-state index contributed by atoms with van der Waals surface area (Å²) in [7, 11) is 0. The predicted molar refractivity (Wildman–Crippen MR) is 86.7 cm³/mol. The van der Waals surface area contributed by atoms with E-state index in [1.54, 1.807) is 17.8 Å². The molecule has 2 aromatic rings. The molecule has 0 heterocycles. The van der Waals surface area contributed by atoms with Crippen molar-refractivity contribution in [1.29, 1.82) is 0 Å². The molecule has 112 valence electrons. The summed E-state index contributed by atoms with van der Waals surface area (Å²) in [5, 5.41) is 0. The van der Waals surface area contributed by atoms with Crippen LogP contribution in [0.5, 0.6) is 11.5 Å². The molecule has 2 aromatic carbocycles. The zero-order valence-electron chi connectivity index (χ0n) is 12.3. The highest BCUT2D eigenvalue weighted by atomic mass is 32.2. The molecular formula is C17H20FNOS. The molecular weight excluding hydrogens is 285 g/mol. The Balaban J connectivity index is 2.30. The number of para-hydroxylation sites is 1. The van der Waals surface area contributed by atoms with Gasteiger partial charge >= 0.3 is 0 Å². The second-order valence-electron chi connectivity index (χ2n) is 4.88. The molecule has 0 saturated heterocycles. The molecule has 0 radical (unpaired) electrons. The monoisotopic (exact) mass is 305 g/mol. The third-order valence-corrected chi connectivity index (χ3v) is 4.10. The van der Waals surface area contributed by atoms with Gasteiger partial charge in [0.1, 0.15) is 17.3 Å². The molecule has 2 N–H and O–H groups in total. The van der Waals surface area contributed by atoms with Crippen LogP contribution in [0.4, 0.5) is 4.39 Å².